The molecule has 2 heterocycles. The van der Waals surface area contributed by atoms with Gasteiger partial charge in [-0.25, -0.2) is 0 Å². The second kappa shape index (κ2) is 13.0. The predicted molar refractivity (Wildman–Crippen MR) is 167 cm³/mol. The van der Waals surface area contributed by atoms with Crippen molar-refractivity contribution in [1.29, 1.82) is 5.53 Å². The Morgan fingerprint density at radius 3 is 2.46 bits per heavy atom. The second-order valence-electron chi connectivity index (χ2n) is 11.8. The molecule has 0 unspecified atom stereocenters. The van der Waals surface area contributed by atoms with Gasteiger partial charge >= 0.3 is 0 Å². The summed E-state index contributed by atoms with van der Waals surface area (Å²) in [5.74, 6) is 0.0332. The molecule has 0 aliphatic carbocycles. The van der Waals surface area contributed by atoms with Crippen molar-refractivity contribution in [1.82, 2.24) is 10.2 Å². The molecule has 0 atom stereocenters. The van der Waals surface area contributed by atoms with Gasteiger partial charge in [0, 0.05) is 54.0 Å². The highest BCUT2D eigenvalue weighted by atomic mass is 16.1. The van der Waals surface area contributed by atoms with E-state index in [0.717, 1.165) is 25.8 Å². The molecule has 2 aliphatic rings. The van der Waals surface area contributed by atoms with Gasteiger partial charge in [0.2, 0.25) is 16.5 Å². The molecule has 0 spiro atoms. The molecule has 0 saturated heterocycles. The van der Waals surface area contributed by atoms with E-state index in [-0.39, 0.29) is 16.7 Å². The van der Waals surface area contributed by atoms with Crippen LogP contribution in [0.5, 0.6) is 0 Å². The zero-order chi connectivity index (χ0) is 29.5. The van der Waals surface area contributed by atoms with Gasteiger partial charge in [-0.1, -0.05) is 74.9 Å². The molecule has 2 aromatic carbocycles. The number of anilines is 1. The SMILES string of the molecule is C[N+]1=C(C=CC=CC=C2N(CCCCCC(=O)NCCN=[N+]=N)c3ccccc3C2(C)C)C(C)(C)c2ccccc21. The standard InChI is InChI=1S/C34H43N6O/c1-33(2)26-16-11-13-18-28(26)39(5)30(33)20-8-6-9-21-31-34(3,4)27-17-12-14-19-29(27)40(31)25-15-7-10-22-32(41)36-23-24-37-38-35/h6,8-9,11-14,16-21,35H,7,10,15,22-25H2,1-5H3/q+1/p+1. The number of allylic oxidation sites excluding steroid dienone is 6. The van der Waals surface area contributed by atoms with Gasteiger partial charge in [-0.15, -0.1) is 0 Å². The lowest BCUT2D eigenvalue weighted by Gasteiger charge is -2.27. The summed E-state index contributed by atoms with van der Waals surface area (Å²) in [6.45, 7) is 10.9. The van der Waals surface area contributed by atoms with Gasteiger partial charge in [0.25, 0.3) is 0 Å². The molecule has 2 aromatic rings. The largest absolute Gasteiger partial charge is 0.354 e. The van der Waals surface area contributed by atoms with Gasteiger partial charge in [0.05, 0.1) is 5.41 Å². The predicted octanol–water partition coefficient (Wildman–Crippen LogP) is 6.71. The maximum atomic E-state index is 12.0. The number of fused-ring (bicyclic) bond motifs is 2. The highest BCUT2D eigenvalue weighted by molar-refractivity contribution is 6.03. The molecular formula is C34H44N6O+2. The van der Waals surface area contributed by atoms with Crippen molar-refractivity contribution in [2.45, 2.75) is 64.2 Å². The van der Waals surface area contributed by atoms with Crippen LogP contribution in [0.4, 0.5) is 11.4 Å². The summed E-state index contributed by atoms with van der Waals surface area (Å²) in [6, 6.07) is 17.3. The van der Waals surface area contributed by atoms with Gasteiger partial charge in [0.1, 0.15) is 24.2 Å². The van der Waals surface area contributed by atoms with E-state index in [4.69, 9.17) is 5.53 Å². The van der Waals surface area contributed by atoms with Crippen molar-refractivity contribution in [3.05, 3.63) is 95.7 Å². The molecule has 0 bridgehead atoms. The summed E-state index contributed by atoms with van der Waals surface area (Å²) in [6.07, 6.45) is 14.3. The number of unbranched alkanes of at least 4 members (excludes halogenated alkanes) is 2. The lowest BCUT2D eigenvalue weighted by Crippen LogP contribution is -2.27. The Bertz CT molecular complexity index is 1440. The Balaban J connectivity index is 1.41. The maximum absolute atomic E-state index is 12.0. The minimum Gasteiger partial charge on any atom is -0.354 e. The van der Waals surface area contributed by atoms with Crippen LogP contribution in [-0.2, 0) is 15.6 Å². The molecule has 7 heteroatoms. The Labute approximate surface area is 244 Å². The van der Waals surface area contributed by atoms with Gasteiger partial charge in [-0.3, -0.25) is 4.79 Å². The lowest BCUT2D eigenvalue weighted by molar-refractivity contribution is -0.401. The van der Waals surface area contributed by atoms with Crippen LogP contribution in [-0.4, -0.2) is 42.9 Å². The number of amides is 1. The number of hydrogen-bond donors (Lipinski definition) is 2. The van der Waals surface area contributed by atoms with Crippen LogP contribution in [0.3, 0.4) is 0 Å². The van der Waals surface area contributed by atoms with E-state index < -0.39 is 0 Å². The third kappa shape index (κ3) is 6.47. The van der Waals surface area contributed by atoms with Crippen LogP contribution in [0.15, 0.2) is 89.7 Å². The summed E-state index contributed by atoms with van der Waals surface area (Å²) in [4.78, 5) is 17.4. The summed E-state index contributed by atoms with van der Waals surface area (Å²) in [5.41, 5.74) is 14.4. The number of benzene rings is 2. The minimum atomic E-state index is -0.0923. The molecule has 4 rings (SSSR count). The first-order valence-corrected chi connectivity index (χ1v) is 14.6. The molecule has 0 saturated carbocycles. The minimum absolute atomic E-state index is 0.0328. The van der Waals surface area contributed by atoms with Crippen molar-refractivity contribution in [3.63, 3.8) is 0 Å². The summed E-state index contributed by atoms with van der Waals surface area (Å²) < 4.78 is 2.30. The molecule has 2 N–H and O–H groups in total. The van der Waals surface area contributed by atoms with E-state index in [0.29, 0.717) is 19.5 Å². The number of para-hydroxylation sites is 2. The van der Waals surface area contributed by atoms with Crippen molar-refractivity contribution >= 4 is 23.0 Å². The van der Waals surface area contributed by atoms with Gasteiger partial charge in [-0.2, -0.15) is 4.58 Å². The van der Waals surface area contributed by atoms with Gasteiger partial charge in [-0.05, 0) is 44.4 Å². The third-order valence-electron chi connectivity index (χ3n) is 8.36. The highest BCUT2D eigenvalue weighted by Crippen LogP contribution is 2.47. The fraction of sp³-hybridized carbons (Fsp3) is 0.412. The number of nitrogens with zero attached hydrogens (tertiary/aromatic N) is 4. The van der Waals surface area contributed by atoms with Crippen LogP contribution in [0.25, 0.3) is 0 Å². The molecule has 214 valence electrons. The fourth-order valence-electron chi connectivity index (χ4n) is 6.16. The summed E-state index contributed by atoms with van der Waals surface area (Å²) >= 11 is 0. The quantitative estimate of drug-likeness (QED) is 0.101. The van der Waals surface area contributed by atoms with Gasteiger partial charge < -0.3 is 10.2 Å². The first-order chi connectivity index (χ1) is 19.7. The third-order valence-corrected chi connectivity index (χ3v) is 8.36. The first kappa shape index (κ1) is 29.9. The van der Waals surface area contributed by atoms with E-state index in [1.54, 1.807) is 0 Å². The van der Waals surface area contributed by atoms with E-state index in [9.17, 15) is 4.79 Å². The topological polar surface area (TPSA) is 85.7 Å². The van der Waals surface area contributed by atoms with Crippen molar-refractivity contribution in [2.24, 2.45) is 5.11 Å². The van der Waals surface area contributed by atoms with Crippen molar-refractivity contribution < 1.29 is 9.37 Å². The fourth-order valence-corrected chi connectivity index (χ4v) is 6.16. The van der Waals surface area contributed by atoms with Crippen molar-refractivity contribution in [2.75, 3.05) is 31.6 Å². The number of nitrogens with one attached hydrogen (secondary N) is 2. The van der Waals surface area contributed by atoms with Crippen LogP contribution in [0.1, 0.15) is 64.5 Å². The lowest BCUT2D eigenvalue weighted by atomic mass is 9.81. The Hall–Kier alpha value is -4.09. The monoisotopic (exact) mass is 552 g/mol. The Kier molecular flexibility index (Phi) is 9.51. The molecule has 1 amide bonds. The average Bonchev–Trinajstić information content (AvgIpc) is 3.29. The van der Waals surface area contributed by atoms with E-state index in [2.05, 4.69) is 138 Å². The zero-order valence-electron chi connectivity index (χ0n) is 25.2. The molecular weight excluding hydrogens is 508 g/mol. The highest BCUT2D eigenvalue weighted by Gasteiger charge is 2.42. The molecule has 0 aromatic heterocycles. The summed E-state index contributed by atoms with van der Waals surface area (Å²) in [5, 5.41) is 6.39. The van der Waals surface area contributed by atoms with Crippen LogP contribution in [0, 0.1) is 5.53 Å². The molecule has 41 heavy (non-hydrogen) atoms. The number of carbonyl (C=O) groups is 1. The number of hydrogen-bond acceptors (Lipinski definition) is 4. The van der Waals surface area contributed by atoms with E-state index >= 15 is 0 Å². The zero-order valence-corrected chi connectivity index (χ0v) is 25.2. The van der Waals surface area contributed by atoms with Gasteiger partial charge in [0.15, 0.2) is 5.71 Å². The molecule has 0 radical (unpaired) electrons. The average molecular weight is 553 g/mol. The van der Waals surface area contributed by atoms with E-state index in [1.165, 1.54) is 33.9 Å². The van der Waals surface area contributed by atoms with E-state index in [1.807, 2.05) is 0 Å². The normalized spacial score (nSPS) is 17.8. The Morgan fingerprint density at radius 2 is 1.71 bits per heavy atom. The number of rotatable bonds is 12. The molecule has 0 fully saturated rings. The smallest absolute Gasteiger partial charge is 0.220 e. The number of carbonyl (C=O) groups excluding carboxylic acids is 1. The summed E-state index contributed by atoms with van der Waals surface area (Å²) in [7, 11) is 2.15. The van der Waals surface area contributed by atoms with Crippen LogP contribution < -0.4 is 15.1 Å². The maximum Gasteiger partial charge on any atom is 0.220 e. The first-order valence-electron chi connectivity index (χ1n) is 14.6. The van der Waals surface area contributed by atoms with Crippen molar-refractivity contribution in [3.8, 4) is 0 Å². The Morgan fingerprint density at radius 1 is 0.976 bits per heavy atom. The molecule has 2 aliphatic heterocycles. The second-order valence-corrected chi connectivity index (χ2v) is 11.8. The molecule has 7 nitrogen and oxygen atoms in total. The van der Waals surface area contributed by atoms with Crippen LogP contribution >= 0.6 is 0 Å². The van der Waals surface area contributed by atoms with Crippen LogP contribution in [0.2, 0.25) is 0 Å².